The van der Waals surface area contributed by atoms with E-state index in [0.29, 0.717) is 0 Å². The van der Waals surface area contributed by atoms with Gasteiger partial charge in [0, 0.05) is 12.1 Å². The zero-order valence-corrected chi connectivity index (χ0v) is 9.51. The van der Waals surface area contributed by atoms with E-state index >= 15 is 0 Å². The molecule has 0 aliphatic heterocycles. The van der Waals surface area contributed by atoms with Gasteiger partial charge in [0.2, 0.25) is 0 Å². The van der Waals surface area contributed by atoms with Crippen molar-refractivity contribution in [3.05, 3.63) is 48.0 Å². The summed E-state index contributed by atoms with van der Waals surface area (Å²) in [6.45, 7) is 0. The maximum Gasteiger partial charge on any atom is 0.658 e. The summed E-state index contributed by atoms with van der Waals surface area (Å²) in [6.07, 6.45) is 0. The lowest BCUT2D eigenvalue weighted by molar-refractivity contribution is 0.418. The topological polar surface area (TPSA) is 58.9 Å². The molecule has 0 aliphatic carbocycles. The lowest BCUT2D eigenvalue weighted by Crippen LogP contribution is -2.11. The van der Waals surface area contributed by atoms with Gasteiger partial charge in [0.25, 0.3) is 0 Å². The van der Waals surface area contributed by atoms with Gasteiger partial charge >= 0.3 is 7.69 Å². The van der Waals surface area contributed by atoms with Crippen LogP contribution >= 0.6 is 0 Å². The molecule has 2 aromatic rings. The molecule has 2 aromatic carbocycles. The third-order valence-corrected chi connectivity index (χ3v) is 2.21. The molecule has 0 saturated heterocycles. The average Bonchev–Trinajstić information content (AvgIpc) is 2.38. The number of hydrogen-bond acceptors (Lipinski definition) is 4. The second kappa shape index (κ2) is 5.47. The molecule has 2 N–H and O–H groups in total. The summed E-state index contributed by atoms with van der Waals surface area (Å²) in [7, 11) is 0.873. The lowest BCUT2D eigenvalue weighted by atomic mass is 10.2. The summed E-state index contributed by atoms with van der Waals surface area (Å²) in [5.41, 5.74) is 0. The van der Waals surface area contributed by atoms with Crippen LogP contribution in [-0.4, -0.2) is 17.9 Å². The maximum atomic E-state index is 13.0. The molecular formula is C12H8BF2O4. The number of aromatic hydroxyl groups is 2. The van der Waals surface area contributed by atoms with Gasteiger partial charge in [-0.3, -0.25) is 0 Å². The Kier molecular flexibility index (Phi) is 3.75. The van der Waals surface area contributed by atoms with Gasteiger partial charge < -0.3 is 19.5 Å². The second-order valence-corrected chi connectivity index (χ2v) is 3.56. The van der Waals surface area contributed by atoms with Crippen molar-refractivity contribution in [2.24, 2.45) is 0 Å². The van der Waals surface area contributed by atoms with Gasteiger partial charge in [0.1, 0.15) is 11.5 Å². The van der Waals surface area contributed by atoms with Crippen molar-refractivity contribution in [1.82, 2.24) is 0 Å². The van der Waals surface area contributed by atoms with Crippen LogP contribution in [0.1, 0.15) is 0 Å². The Bertz CT molecular complexity index is 540. The van der Waals surface area contributed by atoms with Crippen LogP contribution in [0.5, 0.6) is 23.0 Å². The van der Waals surface area contributed by atoms with E-state index in [4.69, 9.17) is 19.5 Å². The fourth-order valence-corrected chi connectivity index (χ4v) is 1.26. The van der Waals surface area contributed by atoms with Gasteiger partial charge in [-0.15, -0.1) is 0 Å². The second-order valence-electron chi connectivity index (χ2n) is 3.56. The summed E-state index contributed by atoms with van der Waals surface area (Å²) in [6, 6.07) is 6.84. The monoisotopic (exact) mass is 265 g/mol. The highest BCUT2D eigenvalue weighted by molar-refractivity contribution is 6.20. The van der Waals surface area contributed by atoms with Crippen LogP contribution in [0.15, 0.2) is 36.4 Å². The molecule has 7 heteroatoms. The molecule has 0 atom stereocenters. The highest BCUT2D eigenvalue weighted by Gasteiger charge is 2.07. The molecule has 0 aliphatic rings. The van der Waals surface area contributed by atoms with E-state index in [1.807, 2.05) is 0 Å². The van der Waals surface area contributed by atoms with Crippen LogP contribution < -0.4 is 9.31 Å². The molecule has 19 heavy (non-hydrogen) atoms. The highest BCUT2D eigenvalue weighted by atomic mass is 19.1. The Morgan fingerprint density at radius 2 is 1.21 bits per heavy atom. The Balaban J connectivity index is 1.92. The van der Waals surface area contributed by atoms with Gasteiger partial charge in [-0.2, -0.15) is 0 Å². The van der Waals surface area contributed by atoms with E-state index in [-0.39, 0.29) is 11.5 Å². The molecule has 0 spiro atoms. The standard InChI is InChI=1S/C12H8BF2O4/c14-9-5-7(1-3-11(9)16)18-13-19-8-2-4-12(17)10(15)6-8/h1-6,16-17H. The zero-order chi connectivity index (χ0) is 13.8. The summed E-state index contributed by atoms with van der Waals surface area (Å²) in [5.74, 6) is -2.44. The van der Waals surface area contributed by atoms with Crippen molar-refractivity contribution < 1.29 is 28.3 Å². The highest BCUT2D eigenvalue weighted by Crippen LogP contribution is 2.22. The van der Waals surface area contributed by atoms with E-state index in [0.717, 1.165) is 32.0 Å². The van der Waals surface area contributed by atoms with E-state index in [1.165, 1.54) is 12.1 Å². The molecule has 1 radical (unpaired) electrons. The first kappa shape index (κ1) is 13.0. The van der Waals surface area contributed by atoms with E-state index in [1.54, 1.807) is 0 Å². The summed E-state index contributed by atoms with van der Waals surface area (Å²) < 4.78 is 35.8. The zero-order valence-electron chi connectivity index (χ0n) is 9.51. The van der Waals surface area contributed by atoms with Crippen LogP contribution in [0.2, 0.25) is 0 Å². The van der Waals surface area contributed by atoms with Crippen molar-refractivity contribution in [2.75, 3.05) is 0 Å². The molecular weight excluding hydrogens is 257 g/mol. The summed E-state index contributed by atoms with van der Waals surface area (Å²) in [4.78, 5) is 0. The molecule has 2 rings (SSSR count). The first-order valence-corrected chi connectivity index (χ1v) is 5.18. The van der Waals surface area contributed by atoms with E-state index in [9.17, 15) is 8.78 Å². The Morgan fingerprint density at radius 1 is 0.789 bits per heavy atom. The molecule has 0 amide bonds. The van der Waals surface area contributed by atoms with E-state index < -0.39 is 23.1 Å². The van der Waals surface area contributed by atoms with Crippen LogP contribution in [0, 0.1) is 11.6 Å². The number of hydrogen-bond donors (Lipinski definition) is 2. The predicted octanol–water partition coefficient (Wildman–Crippen LogP) is 2.37. The predicted molar refractivity (Wildman–Crippen MR) is 63.1 cm³/mol. The maximum absolute atomic E-state index is 13.0. The summed E-state index contributed by atoms with van der Waals surface area (Å²) in [5, 5.41) is 17.9. The first-order valence-electron chi connectivity index (χ1n) is 5.18. The minimum atomic E-state index is -0.832. The lowest BCUT2D eigenvalue weighted by Gasteiger charge is -2.07. The van der Waals surface area contributed by atoms with Crippen molar-refractivity contribution in [3.8, 4) is 23.0 Å². The van der Waals surface area contributed by atoms with Crippen molar-refractivity contribution in [2.45, 2.75) is 0 Å². The first-order chi connectivity index (χ1) is 9.06. The number of halogens is 2. The SMILES string of the molecule is Oc1ccc(O[B]Oc2ccc(O)c(F)c2)cc1F. The third kappa shape index (κ3) is 3.28. The van der Waals surface area contributed by atoms with E-state index in [2.05, 4.69) is 0 Å². The van der Waals surface area contributed by atoms with Gasteiger partial charge in [0.15, 0.2) is 23.1 Å². The molecule has 97 valence electrons. The molecule has 0 aromatic heterocycles. The van der Waals surface area contributed by atoms with Gasteiger partial charge in [0.05, 0.1) is 0 Å². The Labute approximate surface area is 108 Å². The van der Waals surface area contributed by atoms with Gasteiger partial charge in [-0.25, -0.2) is 8.78 Å². The van der Waals surface area contributed by atoms with Gasteiger partial charge in [-0.1, -0.05) is 0 Å². The molecule has 0 saturated carbocycles. The van der Waals surface area contributed by atoms with Crippen molar-refractivity contribution in [1.29, 1.82) is 0 Å². The molecule has 0 unspecified atom stereocenters. The normalized spacial score (nSPS) is 10.0. The summed E-state index contributed by atoms with van der Waals surface area (Å²) >= 11 is 0. The van der Waals surface area contributed by atoms with Crippen LogP contribution in [-0.2, 0) is 0 Å². The van der Waals surface area contributed by atoms with Crippen LogP contribution in [0.3, 0.4) is 0 Å². The number of benzene rings is 2. The van der Waals surface area contributed by atoms with Crippen molar-refractivity contribution in [3.63, 3.8) is 0 Å². The minimum Gasteiger partial charge on any atom is -0.526 e. The molecule has 4 nitrogen and oxygen atoms in total. The quantitative estimate of drug-likeness (QED) is 0.833. The molecule has 0 bridgehead atoms. The third-order valence-electron chi connectivity index (χ3n) is 2.21. The number of phenolic OH excluding ortho intramolecular Hbond substituents is 2. The molecule has 0 fully saturated rings. The fraction of sp³-hybridized carbons (Fsp3) is 0. The number of rotatable bonds is 4. The van der Waals surface area contributed by atoms with Crippen LogP contribution in [0.4, 0.5) is 8.78 Å². The Morgan fingerprint density at radius 3 is 1.58 bits per heavy atom. The van der Waals surface area contributed by atoms with Crippen molar-refractivity contribution >= 4 is 7.69 Å². The largest absolute Gasteiger partial charge is 0.658 e. The van der Waals surface area contributed by atoms with Crippen LogP contribution in [0.25, 0.3) is 0 Å². The van der Waals surface area contributed by atoms with Gasteiger partial charge in [-0.05, 0) is 24.3 Å². The average molecular weight is 265 g/mol. The number of phenols is 2. The fourth-order valence-electron chi connectivity index (χ4n) is 1.26. The smallest absolute Gasteiger partial charge is 0.526 e. The molecule has 0 heterocycles. The Hall–Kier alpha value is -2.44. The minimum absolute atomic E-state index is 0.106.